The molecule has 1 aromatic rings. The van der Waals surface area contributed by atoms with Crippen molar-refractivity contribution in [3.8, 4) is 11.5 Å². The molecule has 1 saturated carbocycles. The number of carbonyl (C=O) groups is 3. The first-order valence-corrected chi connectivity index (χ1v) is 10.1. The van der Waals surface area contributed by atoms with E-state index in [-0.39, 0.29) is 36.1 Å². The number of imide groups is 1. The number of halogens is 1. The van der Waals surface area contributed by atoms with Crippen LogP contribution in [0.3, 0.4) is 0 Å². The van der Waals surface area contributed by atoms with Gasteiger partial charge in [-0.05, 0) is 37.0 Å². The minimum absolute atomic E-state index is 0.191. The van der Waals surface area contributed by atoms with Gasteiger partial charge in [-0.3, -0.25) is 19.3 Å². The fraction of sp³-hybridized carbons (Fsp3) is 0.550. The second-order valence-electron chi connectivity index (χ2n) is 7.46. The summed E-state index contributed by atoms with van der Waals surface area (Å²) in [5.41, 5.74) is 0.911. The van der Waals surface area contributed by atoms with Crippen LogP contribution in [0.15, 0.2) is 12.1 Å². The van der Waals surface area contributed by atoms with Gasteiger partial charge in [0.2, 0.25) is 17.7 Å². The fourth-order valence-corrected chi connectivity index (χ4v) is 4.53. The van der Waals surface area contributed by atoms with Crippen LogP contribution >= 0.6 is 11.6 Å². The Morgan fingerprint density at radius 3 is 2.50 bits per heavy atom. The summed E-state index contributed by atoms with van der Waals surface area (Å²) in [4.78, 5) is 38.3. The van der Waals surface area contributed by atoms with Gasteiger partial charge < -0.3 is 14.8 Å². The number of nitrogens with zero attached hydrogens (tertiary/aromatic N) is 1. The van der Waals surface area contributed by atoms with Crippen molar-refractivity contribution in [1.82, 2.24) is 10.2 Å². The van der Waals surface area contributed by atoms with Crippen LogP contribution in [0.4, 0.5) is 0 Å². The lowest BCUT2D eigenvalue weighted by Gasteiger charge is -2.20. The van der Waals surface area contributed by atoms with Crippen molar-refractivity contribution in [3.63, 3.8) is 0 Å². The zero-order valence-electron chi connectivity index (χ0n) is 15.5. The molecule has 2 heterocycles. The summed E-state index contributed by atoms with van der Waals surface area (Å²) in [5, 5.41) is 3.26. The smallest absolute Gasteiger partial charge is 0.240 e. The molecular weight excluding hydrogens is 384 g/mol. The van der Waals surface area contributed by atoms with Crippen molar-refractivity contribution in [2.45, 2.75) is 32.1 Å². The van der Waals surface area contributed by atoms with E-state index in [9.17, 15) is 14.4 Å². The van der Waals surface area contributed by atoms with Gasteiger partial charge >= 0.3 is 0 Å². The molecule has 7 nitrogen and oxygen atoms in total. The molecule has 3 aliphatic rings. The Kier molecular flexibility index (Phi) is 5.44. The summed E-state index contributed by atoms with van der Waals surface area (Å²) >= 11 is 6.22. The van der Waals surface area contributed by atoms with Crippen LogP contribution in [0.5, 0.6) is 11.5 Å². The minimum Gasteiger partial charge on any atom is -0.486 e. The predicted octanol–water partition coefficient (Wildman–Crippen LogP) is 1.95. The highest BCUT2D eigenvalue weighted by atomic mass is 35.5. The number of amides is 3. The SMILES string of the molecule is O=C(CN1C(=O)C2CCCCC2C1=O)NCCc1cc(Cl)c2c(c1)OCCO2. The molecular formula is C20H23ClN2O5. The maximum atomic E-state index is 12.4. The molecule has 2 fully saturated rings. The first-order chi connectivity index (χ1) is 13.5. The quantitative estimate of drug-likeness (QED) is 0.755. The van der Waals surface area contributed by atoms with E-state index in [1.807, 2.05) is 6.07 Å². The summed E-state index contributed by atoms with van der Waals surface area (Å²) in [6.45, 7) is 1.12. The zero-order valence-corrected chi connectivity index (χ0v) is 16.3. The third kappa shape index (κ3) is 3.68. The summed E-state index contributed by atoms with van der Waals surface area (Å²) in [5.74, 6) is -0.0112. The molecule has 150 valence electrons. The summed E-state index contributed by atoms with van der Waals surface area (Å²) < 4.78 is 11.0. The van der Waals surface area contributed by atoms with Crippen LogP contribution in [0, 0.1) is 11.8 Å². The van der Waals surface area contributed by atoms with E-state index in [4.69, 9.17) is 21.1 Å². The third-order valence-electron chi connectivity index (χ3n) is 5.63. The lowest BCUT2D eigenvalue weighted by molar-refractivity contribution is -0.143. The number of fused-ring (bicyclic) bond motifs is 2. The van der Waals surface area contributed by atoms with Gasteiger partial charge in [-0.2, -0.15) is 0 Å². The van der Waals surface area contributed by atoms with Crippen molar-refractivity contribution >= 4 is 29.3 Å². The topological polar surface area (TPSA) is 84.9 Å². The van der Waals surface area contributed by atoms with Gasteiger partial charge in [-0.1, -0.05) is 24.4 Å². The number of ether oxygens (including phenoxy) is 2. The standard InChI is InChI=1S/C20H23ClN2O5/c21-15-9-12(10-16-18(15)28-8-7-27-16)5-6-22-17(24)11-23-19(25)13-3-1-2-4-14(13)20(23)26/h9-10,13-14H,1-8,11H2,(H,22,24). The Bertz CT molecular complexity index is 788. The average molecular weight is 407 g/mol. The van der Waals surface area contributed by atoms with E-state index in [2.05, 4.69) is 5.32 Å². The number of hydrogen-bond acceptors (Lipinski definition) is 5. The van der Waals surface area contributed by atoms with Gasteiger partial charge in [-0.15, -0.1) is 0 Å². The molecule has 2 unspecified atom stereocenters. The number of benzene rings is 1. The average Bonchev–Trinajstić information content (AvgIpc) is 2.93. The Morgan fingerprint density at radius 1 is 1.11 bits per heavy atom. The van der Waals surface area contributed by atoms with Gasteiger partial charge in [0.25, 0.3) is 0 Å². The summed E-state index contributed by atoms with van der Waals surface area (Å²) in [6, 6.07) is 3.64. The van der Waals surface area contributed by atoms with Crippen LogP contribution < -0.4 is 14.8 Å². The van der Waals surface area contributed by atoms with E-state index < -0.39 is 0 Å². The van der Waals surface area contributed by atoms with E-state index in [0.29, 0.717) is 42.7 Å². The molecule has 3 amide bonds. The number of carbonyl (C=O) groups excluding carboxylic acids is 3. The molecule has 28 heavy (non-hydrogen) atoms. The van der Waals surface area contributed by atoms with Crippen molar-refractivity contribution in [2.24, 2.45) is 11.8 Å². The van der Waals surface area contributed by atoms with Crippen molar-refractivity contribution in [2.75, 3.05) is 26.3 Å². The summed E-state index contributed by atoms with van der Waals surface area (Å²) in [7, 11) is 0. The Balaban J connectivity index is 1.30. The first-order valence-electron chi connectivity index (χ1n) is 9.74. The molecule has 8 heteroatoms. The maximum absolute atomic E-state index is 12.4. The largest absolute Gasteiger partial charge is 0.486 e. The Hall–Kier alpha value is -2.28. The lowest BCUT2D eigenvalue weighted by Crippen LogP contribution is -2.41. The number of nitrogens with one attached hydrogen (secondary N) is 1. The molecule has 0 aromatic heterocycles. The normalized spacial score (nSPS) is 23.5. The fourth-order valence-electron chi connectivity index (χ4n) is 4.24. The minimum atomic E-state index is -0.330. The van der Waals surface area contributed by atoms with Gasteiger partial charge in [0.05, 0.1) is 16.9 Å². The number of hydrogen-bond donors (Lipinski definition) is 1. The Labute approximate surface area is 168 Å². The van der Waals surface area contributed by atoms with Crippen molar-refractivity contribution in [1.29, 1.82) is 0 Å². The number of rotatable bonds is 5. The van der Waals surface area contributed by atoms with Crippen LogP contribution in [0.2, 0.25) is 5.02 Å². The van der Waals surface area contributed by atoms with Crippen LogP contribution in [-0.2, 0) is 20.8 Å². The van der Waals surface area contributed by atoms with Crippen molar-refractivity contribution < 1.29 is 23.9 Å². The molecule has 2 atom stereocenters. The van der Waals surface area contributed by atoms with E-state index in [1.165, 1.54) is 0 Å². The maximum Gasteiger partial charge on any atom is 0.240 e. The van der Waals surface area contributed by atoms with Gasteiger partial charge in [-0.25, -0.2) is 0 Å². The summed E-state index contributed by atoms with van der Waals surface area (Å²) in [6.07, 6.45) is 3.99. The molecule has 4 rings (SSSR count). The van der Waals surface area contributed by atoms with Gasteiger partial charge in [0.15, 0.2) is 11.5 Å². The predicted molar refractivity (Wildman–Crippen MR) is 101 cm³/mol. The molecule has 0 spiro atoms. The molecule has 1 aliphatic carbocycles. The van der Waals surface area contributed by atoms with Crippen LogP contribution in [-0.4, -0.2) is 48.9 Å². The zero-order chi connectivity index (χ0) is 19.7. The first kappa shape index (κ1) is 19.1. The highest BCUT2D eigenvalue weighted by Crippen LogP contribution is 2.39. The van der Waals surface area contributed by atoms with Crippen LogP contribution in [0.25, 0.3) is 0 Å². The van der Waals surface area contributed by atoms with E-state index >= 15 is 0 Å². The Morgan fingerprint density at radius 2 is 1.79 bits per heavy atom. The third-order valence-corrected chi connectivity index (χ3v) is 5.91. The van der Waals surface area contributed by atoms with E-state index in [1.54, 1.807) is 6.07 Å². The highest BCUT2D eigenvalue weighted by molar-refractivity contribution is 6.32. The van der Waals surface area contributed by atoms with Crippen LogP contribution in [0.1, 0.15) is 31.2 Å². The molecule has 0 radical (unpaired) electrons. The lowest BCUT2D eigenvalue weighted by atomic mass is 9.81. The van der Waals surface area contributed by atoms with Gasteiger partial charge in [0, 0.05) is 6.54 Å². The second-order valence-corrected chi connectivity index (χ2v) is 7.87. The van der Waals surface area contributed by atoms with Gasteiger partial charge in [0.1, 0.15) is 19.8 Å². The molecule has 2 aliphatic heterocycles. The number of likely N-dealkylation sites (tertiary alicyclic amines) is 1. The molecule has 0 bridgehead atoms. The monoisotopic (exact) mass is 406 g/mol. The molecule has 1 aromatic carbocycles. The molecule has 1 N–H and O–H groups in total. The molecule has 1 saturated heterocycles. The highest BCUT2D eigenvalue weighted by Gasteiger charge is 2.48. The van der Waals surface area contributed by atoms with E-state index in [0.717, 1.165) is 36.1 Å². The second kappa shape index (κ2) is 7.99. The van der Waals surface area contributed by atoms with Crippen molar-refractivity contribution in [3.05, 3.63) is 22.7 Å².